The third-order valence-electron chi connectivity index (χ3n) is 2.62. The van der Waals surface area contributed by atoms with Crippen molar-refractivity contribution in [1.29, 1.82) is 0 Å². The Morgan fingerprint density at radius 1 is 1.47 bits per heavy atom. The summed E-state index contributed by atoms with van der Waals surface area (Å²) in [4.78, 5) is 13.2. The first-order valence-electron chi connectivity index (χ1n) is 5.45. The van der Waals surface area contributed by atoms with Crippen LogP contribution in [0.15, 0.2) is 0 Å². The zero-order valence-corrected chi connectivity index (χ0v) is 10.2. The monoisotopic (exact) mass is 271 g/mol. The molecular formula is C10H16F3NO2S. The number of piperidine rings is 1. The maximum Gasteiger partial charge on any atom is 0.397 e. The van der Waals surface area contributed by atoms with E-state index in [2.05, 4.69) is 0 Å². The maximum absolute atomic E-state index is 11.9. The molecule has 1 fully saturated rings. The highest BCUT2D eigenvalue weighted by molar-refractivity contribution is 8.00. The highest BCUT2D eigenvalue weighted by Gasteiger charge is 2.28. The Morgan fingerprint density at radius 3 is 2.76 bits per heavy atom. The van der Waals surface area contributed by atoms with Crippen LogP contribution in [0.4, 0.5) is 13.2 Å². The Kier molecular flexibility index (Phi) is 5.58. The molecular weight excluding hydrogens is 255 g/mol. The number of carbonyl (C=O) groups is 1. The van der Waals surface area contributed by atoms with Crippen LogP contribution in [-0.4, -0.2) is 53.3 Å². The van der Waals surface area contributed by atoms with Crippen molar-refractivity contribution in [2.24, 2.45) is 5.92 Å². The Balaban J connectivity index is 2.27. The highest BCUT2D eigenvalue weighted by Crippen LogP contribution is 2.22. The van der Waals surface area contributed by atoms with Gasteiger partial charge in [0.25, 0.3) is 0 Å². The van der Waals surface area contributed by atoms with Crippen molar-refractivity contribution in [3.05, 3.63) is 0 Å². The molecule has 17 heavy (non-hydrogen) atoms. The van der Waals surface area contributed by atoms with E-state index in [9.17, 15) is 18.0 Å². The van der Waals surface area contributed by atoms with Gasteiger partial charge in [0.15, 0.2) is 0 Å². The van der Waals surface area contributed by atoms with Crippen LogP contribution in [0.5, 0.6) is 0 Å². The molecule has 0 aromatic heterocycles. The second-order valence-corrected chi connectivity index (χ2v) is 5.12. The summed E-state index contributed by atoms with van der Waals surface area (Å²) in [7, 11) is 0. The van der Waals surface area contributed by atoms with Crippen LogP contribution in [0.25, 0.3) is 0 Å². The number of halogens is 3. The molecule has 0 aromatic rings. The molecule has 0 aromatic carbocycles. The fourth-order valence-corrected chi connectivity index (χ4v) is 2.48. The molecule has 1 saturated heterocycles. The molecule has 1 heterocycles. The number of carbonyl (C=O) groups excluding carboxylic acids is 1. The number of hydrogen-bond acceptors (Lipinski definition) is 3. The lowest BCUT2D eigenvalue weighted by atomic mass is 9.99. The van der Waals surface area contributed by atoms with E-state index >= 15 is 0 Å². The van der Waals surface area contributed by atoms with E-state index in [1.807, 2.05) is 0 Å². The van der Waals surface area contributed by atoms with Gasteiger partial charge >= 0.3 is 6.18 Å². The Hall–Kier alpha value is -0.430. The summed E-state index contributed by atoms with van der Waals surface area (Å²) in [5, 5.41) is 8.98. The van der Waals surface area contributed by atoms with E-state index in [0.717, 1.165) is 12.8 Å². The predicted octanol–water partition coefficient (Wildman–Crippen LogP) is 1.51. The molecule has 1 N–H and O–H groups in total. The molecule has 1 aliphatic heterocycles. The number of rotatable bonds is 4. The summed E-state index contributed by atoms with van der Waals surface area (Å²) < 4.78 is 35.7. The number of likely N-dealkylation sites (tertiary alicyclic amines) is 1. The van der Waals surface area contributed by atoms with Crippen molar-refractivity contribution < 1.29 is 23.1 Å². The van der Waals surface area contributed by atoms with Gasteiger partial charge < -0.3 is 10.0 Å². The molecule has 0 bridgehead atoms. The van der Waals surface area contributed by atoms with Gasteiger partial charge in [-0.15, -0.1) is 11.8 Å². The van der Waals surface area contributed by atoms with Gasteiger partial charge in [0.05, 0.1) is 11.5 Å². The van der Waals surface area contributed by atoms with Crippen molar-refractivity contribution in [2.75, 3.05) is 31.2 Å². The lowest BCUT2D eigenvalue weighted by Gasteiger charge is -2.31. The zero-order chi connectivity index (χ0) is 12.9. The molecule has 0 saturated carbocycles. The smallest absolute Gasteiger partial charge is 0.396 e. The Bertz CT molecular complexity index is 260. The normalized spacial score (nSPS) is 21.6. The van der Waals surface area contributed by atoms with Crippen molar-refractivity contribution in [2.45, 2.75) is 19.0 Å². The zero-order valence-electron chi connectivity index (χ0n) is 9.37. The van der Waals surface area contributed by atoms with Gasteiger partial charge in [-0.3, -0.25) is 4.79 Å². The molecule has 1 rings (SSSR count). The summed E-state index contributed by atoms with van der Waals surface area (Å²) in [6.07, 6.45) is -2.54. The Labute approximate surface area is 102 Å². The summed E-state index contributed by atoms with van der Waals surface area (Å²) in [5.74, 6) is -1.33. The molecule has 1 unspecified atom stereocenters. The van der Waals surface area contributed by atoms with E-state index in [4.69, 9.17) is 5.11 Å². The van der Waals surface area contributed by atoms with E-state index < -0.39 is 11.9 Å². The van der Waals surface area contributed by atoms with Crippen molar-refractivity contribution >= 4 is 17.7 Å². The minimum Gasteiger partial charge on any atom is -0.396 e. The van der Waals surface area contributed by atoms with Gasteiger partial charge in [0.1, 0.15) is 0 Å². The topological polar surface area (TPSA) is 40.5 Å². The minimum atomic E-state index is -4.22. The molecule has 0 aliphatic carbocycles. The first-order chi connectivity index (χ1) is 7.92. The van der Waals surface area contributed by atoms with Gasteiger partial charge in [0, 0.05) is 19.7 Å². The van der Waals surface area contributed by atoms with Crippen molar-refractivity contribution in [3.63, 3.8) is 0 Å². The summed E-state index contributed by atoms with van der Waals surface area (Å²) >= 11 is 0.592. The van der Waals surface area contributed by atoms with E-state index in [-0.39, 0.29) is 24.2 Å². The van der Waals surface area contributed by atoms with Crippen molar-refractivity contribution in [1.82, 2.24) is 4.90 Å². The molecule has 0 spiro atoms. The molecule has 1 aliphatic rings. The average molecular weight is 271 g/mol. The average Bonchev–Trinajstić information content (AvgIpc) is 2.27. The summed E-state index contributed by atoms with van der Waals surface area (Å²) in [5.41, 5.74) is 0. The lowest BCUT2D eigenvalue weighted by molar-refractivity contribution is -0.130. The van der Waals surface area contributed by atoms with Gasteiger partial charge in [-0.2, -0.15) is 13.2 Å². The molecule has 100 valence electrons. The van der Waals surface area contributed by atoms with E-state index in [0.29, 0.717) is 24.9 Å². The number of aliphatic hydroxyl groups excluding tert-OH is 1. The van der Waals surface area contributed by atoms with Gasteiger partial charge in [-0.05, 0) is 18.8 Å². The standard InChI is InChI=1S/C10H16F3NO2S/c11-10(12,13)7-17-6-9(16)14-3-1-2-8(4-14)5-15/h8,15H,1-7H2. The largest absolute Gasteiger partial charge is 0.397 e. The molecule has 7 heteroatoms. The molecule has 1 atom stereocenters. The van der Waals surface area contributed by atoms with Gasteiger partial charge in [-0.1, -0.05) is 0 Å². The predicted molar refractivity (Wildman–Crippen MR) is 59.8 cm³/mol. The number of hydrogen-bond donors (Lipinski definition) is 1. The molecule has 1 amide bonds. The first kappa shape index (κ1) is 14.6. The van der Waals surface area contributed by atoms with Crippen LogP contribution in [0, 0.1) is 5.92 Å². The number of aliphatic hydroxyl groups is 1. The third-order valence-corrected chi connectivity index (χ3v) is 3.60. The van der Waals surface area contributed by atoms with Crippen LogP contribution < -0.4 is 0 Å². The first-order valence-corrected chi connectivity index (χ1v) is 6.61. The minimum absolute atomic E-state index is 0.0273. The van der Waals surface area contributed by atoms with Crippen LogP contribution in [0.1, 0.15) is 12.8 Å². The quantitative estimate of drug-likeness (QED) is 0.842. The molecule has 3 nitrogen and oxygen atoms in total. The van der Waals surface area contributed by atoms with Gasteiger partial charge in [-0.25, -0.2) is 0 Å². The van der Waals surface area contributed by atoms with Gasteiger partial charge in [0.2, 0.25) is 5.91 Å². The van der Waals surface area contributed by atoms with Crippen molar-refractivity contribution in [3.8, 4) is 0 Å². The summed E-state index contributed by atoms with van der Waals surface area (Å²) in [6, 6.07) is 0. The second kappa shape index (κ2) is 6.49. The number of thioether (sulfide) groups is 1. The van der Waals surface area contributed by atoms with E-state index in [1.54, 1.807) is 4.90 Å². The SMILES string of the molecule is O=C(CSCC(F)(F)F)N1CCCC(CO)C1. The van der Waals surface area contributed by atoms with Crippen LogP contribution in [0.2, 0.25) is 0 Å². The number of amides is 1. The fraction of sp³-hybridized carbons (Fsp3) is 0.900. The third kappa shape index (κ3) is 5.63. The van der Waals surface area contributed by atoms with Crippen LogP contribution in [-0.2, 0) is 4.79 Å². The van der Waals surface area contributed by atoms with Crippen LogP contribution >= 0.6 is 11.8 Å². The number of nitrogens with zero attached hydrogens (tertiary/aromatic N) is 1. The van der Waals surface area contributed by atoms with Crippen LogP contribution in [0.3, 0.4) is 0 Å². The maximum atomic E-state index is 11.9. The second-order valence-electron chi connectivity index (χ2n) is 4.14. The lowest BCUT2D eigenvalue weighted by Crippen LogP contribution is -2.42. The van der Waals surface area contributed by atoms with E-state index in [1.165, 1.54) is 0 Å². The highest BCUT2D eigenvalue weighted by atomic mass is 32.2. The summed E-state index contributed by atoms with van der Waals surface area (Å²) in [6.45, 7) is 1.07. The fourth-order valence-electron chi connectivity index (χ4n) is 1.79. The number of alkyl halides is 3. The molecule has 0 radical (unpaired) electrons. The Morgan fingerprint density at radius 2 is 2.18 bits per heavy atom.